The summed E-state index contributed by atoms with van der Waals surface area (Å²) in [6, 6.07) is 6.03. The molecule has 0 aliphatic rings. The van der Waals surface area contributed by atoms with E-state index in [9.17, 15) is 14.3 Å². The molecule has 0 aromatic heterocycles. The second kappa shape index (κ2) is 8.62. The lowest BCUT2D eigenvalue weighted by atomic mass is 9.84. The maximum atomic E-state index is 13.0. The van der Waals surface area contributed by atoms with Gasteiger partial charge in [-0.05, 0) is 51.3 Å². The Morgan fingerprint density at radius 1 is 1.33 bits per heavy atom. The lowest BCUT2D eigenvalue weighted by Gasteiger charge is -2.41. The van der Waals surface area contributed by atoms with Crippen LogP contribution >= 0.6 is 11.8 Å². The Labute approximate surface area is 148 Å². The van der Waals surface area contributed by atoms with Crippen LogP contribution in [0.25, 0.3) is 0 Å². The van der Waals surface area contributed by atoms with Crippen molar-refractivity contribution in [2.24, 2.45) is 4.99 Å². The van der Waals surface area contributed by atoms with E-state index in [-0.39, 0.29) is 11.9 Å². The average Bonchev–Trinajstić information content (AvgIpc) is 2.54. The molecule has 24 heavy (non-hydrogen) atoms. The largest absolute Gasteiger partial charge is 0.388 e. The Balaban J connectivity index is 2.93. The average molecular weight is 354 g/mol. The number of amidine groups is 1. The minimum atomic E-state index is -0.873. The summed E-state index contributed by atoms with van der Waals surface area (Å²) in [7, 11) is 0. The van der Waals surface area contributed by atoms with Crippen LogP contribution in [0, 0.1) is 5.82 Å². The van der Waals surface area contributed by atoms with Gasteiger partial charge in [-0.3, -0.25) is 4.79 Å². The SMILES string of the molecule is CCC(O)(CC)C(C)(C)S/C(=N\C=O)N[C@@H](C)c1ccc(F)cc1. The molecule has 0 heterocycles. The molecule has 0 saturated heterocycles. The Hall–Kier alpha value is -1.40. The van der Waals surface area contributed by atoms with E-state index < -0.39 is 10.3 Å². The predicted molar refractivity (Wildman–Crippen MR) is 98.7 cm³/mol. The highest BCUT2D eigenvalue weighted by Crippen LogP contribution is 2.40. The second-order valence-electron chi connectivity index (χ2n) is 6.31. The molecule has 4 nitrogen and oxygen atoms in total. The number of aliphatic imine (C=N–C) groups is 1. The van der Waals surface area contributed by atoms with Crippen LogP contribution in [0.2, 0.25) is 0 Å². The van der Waals surface area contributed by atoms with Gasteiger partial charge in [0.2, 0.25) is 6.41 Å². The summed E-state index contributed by atoms with van der Waals surface area (Å²) < 4.78 is 12.5. The van der Waals surface area contributed by atoms with E-state index in [0.717, 1.165) is 5.56 Å². The van der Waals surface area contributed by atoms with E-state index >= 15 is 0 Å². The van der Waals surface area contributed by atoms with Gasteiger partial charge in [0.05, 0.1) is 11.6 Å². The van der Waals surface area contributed by atoms with Crippen molar-refractivity contribution in [1.82, 2.24) is 5.32 Å². The summed E-state index contributed by atoms with van der Waals surface area (Å²) in [6.07, 6.45) is 1.69. The van der Waals surface area contributed by atoms with Crippen LogP contribution in [0.5, 0.6) is 0 Å². The van der Waals surface area contributed by atoms with Crippen LogP contribution in [0.1, 0.15) is 59.1 Å². The first-order valence-electron chi connectivity index (χ1n) is 8.14. The lowest BCUT2D eigenvalue weighted by Crippen LogP contribution is -2.48. The van der Waals surface area contributed by atoms with Gasteiger partial charge in [0.1, 0.15) is 5.82 Å². The van der Waals surface area contributed by atoms with E-state index in [1.165, 1.54) is 23.9 Å². The van der Waals surface area contributed by atoms with Crippen molar-refractivity contribution in [3.63, 3.8) is 0 Å². The Morgan fingerprint density at radius 3 is 2.33 bits per heavy atom. The van der Waals surface area contributed by atoms with Crippen LogP contribution in [-0.2, 0) is 4.79 Å². The number of carbonyl (C=O) groups is 1. The number of carbonyl (C=O) groups excluding carboxylic acids is 1. The number of hydrogen-bond acceptors (Lipinski definition) is 3. The van der Waals surface area contributed by atoms with E-state index in [2.05, 4.69) is 10.3 Å². The fourth-order valence-electron chi connectivity index (χ4n) is 2.60. The van der Waals surface area contributed by atoms with Gasteiger partial charge in [-0.25, -0.2) is 4.39 Å². The number of nitrogens with one attached hydrogen (secondary N) is 1. The van der Waals surface area contributed by atoms with E-state index in [0.29, 0.717) is 24.4 Å². The number of amides is 1. The fourth-order valence-corrected chi connectivity index (χ4v) is 3.89. The molecular weight excluding hydrogens is 327 g/mol. The maximum Gasteiger partial charge on any atom is 0.235 e. The third kappa shape index (κ3) is 5.05. The van der Waals surface area contributed by atoms with E-state index in [1.54, 1.807) is 12.1 Å². The molecular formula is C18H27FN2O2S. The molecule has 0 spiro atoms. The standard InChI is InChI=1S/C18H27FN2O2S/c1-6-18(23,7-2)17(4,5)24-16(20-12-22)21-13(3)14-8-10-15(19)11-9-14/h8-13,23H,6-7H2,1-5H3,(H,20,21,22)/t13-/m0/s1. The highest BCUT2D eigenvalue weighted by atomic mass is 32.2. The van der Waals surface area contributed by atoms with Gasteiger partial charge in [0, 0.05) is 4.75 Å². The van der Waals surface area contributed by atoms with Gasteiger partial charge < -0.3 is 10.4 Å². The van der Waals surface area contributed by atoms with E-state index in [1.807, 2.05) is 34.6 Å². The van der Waals surface area contributed by atoms with Gasteiger partial charge in [-0.2, -0.15) is 4.99 Å². The summed E-state index contributed by atoms with van der Waals surface area (Å²) >= 11 is 1.34. The highest BCUT2D eigenvalue weighted by molar-refractivity contribution is 8.15. The molecule has 1 atom stereocenters. The third-order valence-corrected chi connectivity index (χ3v) is 5.83. The summed E-state index contributed by atoms with van der Waals surface area (Å²) in [5.74, 6) is -0.292. The number of halogens is 1. The van der Waals surface area contributed by atoms with Crippen molar-refractivity contribution >= 4 is 23.3 Å². The van der Waals surface area contributed by atoms with Crippen molar-refractivity contribution < 1.29 is 14.3 Å². The third-order valence-electron chi connectivity index (χ3n) is 4.52. The molecule has 6 heteroatoms. The summed E-state index contributed by atoms with van der Waals surface area (Å²) in [6.45, 7) is 9.67. The van der Waals surface area contributed by atoms with Crippen molar-refractivity contribution in [3.05, 3.63) is 35.6 Å². The molecule has 1 amide bonds. The molecule has 0 fully saturated rings. The first kappa shape index (κ1) is 20.6. The van der Waals surface area contributed by atoms with Crippen molar-refractivity contribution in [2.75, 3.05) is 0 Å². The quantitative estimate of drug-likeness (QED) is 0.440. The highest BCUT2D eigenvalue weighted by Gasteiger charge is 2.42. The Kier molecular flexibility index (Phi) is 7.42. The molecule has 1 aromatic carbocycles. The molecule has 0 radical (unpaired) electrons. The number of aliphatic hydroxyl groups is 1. The molecule has 0 saturated carbocycles. The van der Waals surface area contributed by atoms with Crippen LogP contribution in [0.3, 0.4) is 0 Å². The minimum absolute atomic E-state index is 0.149. The molecule has 1 rings (SSSR count). The molecule has 1 aromatic rings. The van der Waals surface area contributed by atoms with Gasteiger partial charge >= 0.3 is 0 Å². The summed E-state index contributed by atoms with van der Waals surface area (Å²) in [5, 5.41) is 14.4. The number of benzene rings is 1. The molecule has 0 bridgehead atoms. The summed E-state index contributed by atoms with van der Waals surface area (Å²) in [4.78, 5) is 14.8. The fraction of sp³-hybridized carbons (Fsp3) is 0.556. The zero-order valence-corrected chi connectivity index (χ0v) is 15.8. The van der Waals surface area contributed by atoms with Crippen molar-refractivity contribution in [1.29, 1.82) is 0 Å². The number of hydrogen-bond donors (Lipinski definition) is 2. The normalized spacial score (nSPS) is 14.4. The Morgan fingerprint density at radius 2 is 1.88 bits per heavy atom. The van der Waals surface area contributed by atoms with Crippen LogP contribution in [0.15, 0.2) is 29.3 Å². The molecule has 2 N–H and O–H groups in total. The topological polar surface area (TPSA) is 61.7 Å². The van der Waals surface area contributed by atoms with Crippen molar-refractivity contribution in [3.8, 4) is 0 Å². The first-order valence-corrected chi connectivity index (χ1v) is 8.95. The van der Waals surface area contributed by atoms with Crippen molar-refractivity contribution in [2.45, 2.75) is 63.9 Å². The van der Waals surface area contributed by atoms with Gasteiger partial charge in [-0.15, -0.1) is 0 Å². The zero-order valence-electron chi connectivity index (χ0n) is 15.0. The van der Waals surface area contributed by atoms with E-state index in [4.69, 9.17) is 0 Å². The molecule has 134 valence electrons. The number of nitrogens with zero attached hydrogens (tertiary/aromatic N) is 1. The van der Waals surface area contributed by atoms with Gasteiger partial charge in [0.25, 0.3) is 0 Å². The molecule has 0 aliphatic carbocycles. The smallest absolute Gasteiger partial charge is 0.235 e. The maximum absolute atomic E-state index is 13.0. The minimum Gasteiger partial charge on any atom is -0.388 e. The van der Waals surface area contributed by atoms with Crippen LogP contribution in [-0.4, -0.2) is 27.0 Å². The zero-order chi connectivity index (χ0) is 18.4. The Bertz CT molecular complexity index is 569. The lowest BCUT2D eigenvalue weighted by molar-refractivity contribution is -0.106. The van der Waals surface area contributed by atoms with Crippen LogP contribution < -0.4 is 5.32 Å². The van der Waals surface area contributed by atoms with Gasteiger partial charge in [0.15, 0.2) is 5.17 Å². The summed E-state index contributed by atoms with van der Waals surface area (Å²) in [5.41, 5.74) is 0.0110. The number of rotatable bonds is 7. The predicted octanol–water partition coefficient (Wildman–Crippen LogP) is 4.05. The first-order chi connectivity index (χ1) is 11.2. The monoisotopic (exact) mass is 354 g/mol. The molecule has 0 aliphatic heterocycles. The van der Waals surface area contributed by atoms with Crippen LogP contribution in [0.4, 0.5) is 4.39 Å². The van der Waals surface area contributed by atoms with Gasteiger partial charge in [-0.1, -0.05) is 37.7 Å². The molecule has 0 unspecified atom stereocenters. The number of thioether (sulfide) groups is 1. The second-order valence-corrected chi connectivity index (χ2v) is 7.92.